The number of aliphatic hydroxyl groups excluding tert-OH is 1. The van der Waals surface area contributed by atoms with E-state index in [4.69, 9.17) is 5.11 Å². The molecule has 5 nitrogen and oxygen atoms in total. The molecule has 0 amide bonds. The second kappa shape index (κ2) is 6.44. The van der Waals surface area contributed by atoms with E-state index in [1.807, 2.05) is 33.0 Å². The molecule has 118 valence electrons. The van der Waals surface area contributed by atoms with Crippen molar-refractivity contribution in [2.75, 3.05) is 33.3 Å². The van der Waals surface area contributed by atoms with Crippen LogP contribution in [-0.2, 0) is 10.0 Å². The summed E-state index contributed by atoms with van der Waals surface area (Å²) in [4.78, 5) is 2.50. The predicted molar refractivity (Wildman–Crippen MR) is 82.8 cm³/mol. The van der Waals surface area contributed by atoms with Crippen LogP contribution in [0.15, 0.2) is 23.1 Å². The van der Waals surface area contributed by atoms with E-state index in [9.17, 15) is 8.42 Å². The average Bonchev–Trinajstić information content (AvgIpc) is 2.40. The molecule has 1 aromatic carbocycles. The van der Waals surface area contributed by atoms with E-state index in [1.165, 1.54) is 0 Å². The normalized spacial score (nSPS) is 21.6. The van der Waals surface area contributed by atoms with Crippen LogP contribution in [0.1, 0.15) is 17.5 Å². The summed E-state index contributed by atoms with van der Waals surface area (Å²) in [6.07, 6.45) is 0.593. The minimum Gasteiger partial charge on any atom is -0.396 e. The van der Waals surface area contributed by atoms with Gasteiger partial charge in [0.25, 0.3) is 0 Å². The number of benzene rings is 1. The van der Waals surface area contributed by atoms with E-state index in [1.54, 1.807) is 10.4 Å². The number of rotatable bonds is 4. The molecule has 0 unspecified atom stereocenters. The Kier molecular flexibility index (Phi) is 5.03. The number of nitrogens with zero attached hydrogens (tertiary/aromatic N) is 2. The fraction of sp³-hybridized carbons (Fsp3) is 0.600. The molecule has 1 aromatic rings. The van der Waals surface area contributed by atoms with Crippen molar-refractivity contribution in [1.82, 2.24) is 9.21 Å². The van der Waals surface area contributed by atoms with Gasteiger partial charge in [0.1, 0.15) is 0 Å². The Morgan fingerprint density at radius 1 is 1.29 bits per heavy atom. The summed E-state index contributed by atoms with van der Waals surface area (Å²) in [5.74, 6) is 0. The third-order valence-corrected chi connectivity index (χ3v) is 6.18. The monoisotopic (exact) mass is 312 g/mol. The number of aliphatic hydroxyl groups is 1. The lowest BCUT2D eigenvalue weighted by molar-refractivity contribution is 0.120. The maximum absolute atomic E-state index is 12.8. The lowest BCUT2D eigenvalue weighted by atomic mass is 10.1. The Hall–Kier alpha value is -0.950. The summed E-state index contributed by atoms with van der Waals surface area (Å²) >= 11 is 0. The van der Waals surface area contributed by atoms with Gasteiger partial charge in [0.2, 0.25) is 10.0 Å². The van der Waals surface area contributed by atoms with E-state index >= 15 is 0 Å². The first kappa shape index (κ1) is 16.4. The molecule has 1 aliphatic rings. The lowest BCUT2D eigenvalue weighted by Crippen LogP contribution is -2.53. The van der Waals surface area contributed by atoms with Gasteiger partial charge < -0.3 is 10.0 Å². The minimum atomic E-state index is -3.46. The molecular weight excluding hydrogens is 288 g/mol. The van der Waals surface area contributed by atoms with Crippen LogP contribution >= 0.6 is 0 Å². The van der Waals surface area contributed by atoms with Crippen molar-refractivity contribution in [3.05, 3.63) is 29.3 Å². The van der Waals surface area contributed by atoms with Gasteiger partial charge >= 0.3 is 0 Å². The van der Waals surface area contributed by atoms with Crippen molar-refractivity contribution >= 4 is 10.0 Å². The van der Waals surface area contributed by atoms with Crippen molar-refractivity contribution in [3.8, 4) is 0 Å². The molecule has 0 aromatic heterocycles. The van der Waals surface area contributed by atoms with E-state index in [0.29, 0.717) is 31.0 Å². The molecule has 0 aliphatic carbocycles. The highest BCUT2D eigenvalue weighted by atomic mass is 32.2. The first-order chi connectivity index (χ1) is 9.86. The zero-order valence-corrected chi connectivity index (χ0v) is 13.7. The molecule has 1 aliphatic heterocycles. The highest BCUT2D eigenvalue weighted by Crippen LogP contribution is 2.23. The molecule has 2 rings (SSSR count). The van der Waals surface area contributed by atoms with E-state index in [-0.39, 0.29) is 12.6 Å². The van der Waals surface area contributed by atoms with Crippen LogP contribution in [0.2, 0.25) is 0 Å². The Labute approximate surface area is 127 Å². The molecule has 1 heterocycles. The van der Waals surface area contributed by atoms with Gasteiger partial charge in [0.05, 0.1) is 4.90 Å². The lowest BCUT2D eigenvalue weighted by Gasteiger charge is -2.38. The SMILES string of the molecule is Cc1ccc(S(=O)(=O)N2CCN(C)[C@H](CCO)C2)c(C)c1. The van der Waals surface area contributed by atoms with Crippen molar-refractivity contribution in [3.63, 3.8) is 0 Å². The van der Waals surface area contributed by atoms with E-state index in [0.717, 1.165) is 11.1 Å². The number of sulfonamides is 1. The Morgan fingerprint density at radius 2 is 2.00 bits per heavy atom. The molecule has 1 fully saturated rings. The zero-order valence-electron chi connectivity index (χ0n) is 12.9. The van der Waals surface area contributed by atoms with Crippen LogP contribution < -0.4 is 0 Å². The van der Waals surface area contributed by atoms with Crippen LogP contribution in [-0.4, -0.2) is 62.1 Å². The van der Waals surface area contributed by atoms with Gasteiger partial charge in [-0.05, 0) is 38.9 Å². The van der Waals surface area contributed by atoms with Gasteiger partial charge in [-0.1, -0.05) is 17.7 Å². The maximum atomic E-state index is 12.8. The number of likely N-dealkylation sites (N-methyl/N-ethyl adjacent to an activating group) is 1. The second-order valence-corrected chi connectivity index (χ2v) is 7.69. The summed E-state index contributed by atoms with van der Waals surface area (Å²) in [5.41, 5.74) is 1.84. The van der Waals surface area contributed by atoms with Gasteiger partial charge in [-0.2, -0.15) is 4.31 Å². The molecule has 1 N–H and O–H groups in total. The molecule has 0 radical (unpaired) electrons. The van der Waals surface area contributed by atoms with Crippen molar-refractivity contribution < 1.29 is 13.5 Å². The Morgan fingerprint density at radius 3 is 2.62 bits per heavy atom. The summed E-state index contributed by atoms with van der Waals surface area (Å²) in [6.45, 7) is 5.49. The quantitative estimate of drug-likeness (QED) is 0.901. The molecule has 6 heteroatoms. The Bertz CT molecular complexity index is 601. The molecule has 1 saturated heterocycles. The fourth-order valence-corrected chi connectivity index (χ4v) is 4.50. The maximum Gasteiger partial charge on any atom is 0.243 e. The van der Waals surface area contributed by atoms with Gasteiger partial charge in [-0.25, -0.2) is 8.42 Å². The molecule has 0 bridgehead atoms. The first-order valence-electron chi connectivity index (χ1n) is 7.24. The topological polar surface area (TPSA) is 60.9 Å². The van der Waals surface area contributed by atoms with Gasteiger partial charge in [0, 0.05) is 32.3 Å². The highest BCUT2D eigenvalue weighted by molar-refractivity contribution is 7.89. The van der Waals surface area contributed by atoms with Crippen LogP contribution in [0.3, 0.4) is 0 Å². The van der Waals surface area contributed by atoms with Crippen LogP contribution in [0.25, 0.3) is 0 Å². The molecule has 1 atom stereocenters. The second-order valence-electron chi connectivity index (χ2n) is 5.78. The third-order valence-electron chi connectivity index (χ3n) is 4.15. The summed E-state index contributed by atoms with van der Waals surface area (Å²) in [6, 6.07) is 5.50. The first-order valence-corrected chi connectivity index (χ1v) is 8.68. The number of aryl methyl sites for hydroxylation is 2. The number of hydrogen-bond donors (Lipinski definition) is 1. The minimum absolute atomic E-state index is 0.0734. The number of hydrogen-bond acceptors (Lipinski definition) is 4. The van der Waals surface area contributed by atoms with Crippen molar-refractivity contribution in [2.24, 2.45) is 0 Å². The smallest absolute Gasteiger partial charge is 0.243 e. The van der Waals surface area contributed by atoms with Crippen LogP contribution in [0.5, 0.6) is 0 Å². The van der Waals surface area contributed by atoms with Gasteiger partial charge in [-0.3, -0.25) is 0 Å². The predicted octanol–water partition coefficient (Wildman–Crippen LogP) is 0.991. The number of piperazine rings is 1. The summed E-state index contributed by atoms with van der Waals surface area (Å²) < 4.78 is 27.2. The standard InChI is InChI=1S/C15H24N2O3S/c1-12-4-5-15(13(2)10-12)21(19,20)17-8-7-16(3)14(11-17)6-9-18/h4-5,10,14,18H,6-9,11H2,1-3H3/t14-/m1/s1. The van der Waals surface area contributed by atoms with Crippen molar-refractivity contribution in [1.29, 1.82) is 0 Å². The van der Waals surface area contributed by atoms with E-state index < -0.39 is 10.0 Å². The molecule has 21 heavy (non-hydrogen) atoms. The largest absolute Gasteiger partial charge is 0.396 e. The molecular formula is C15H24N2O3S. The third kappa shape index (κ3) is 3.45. The van der Waals surface area contributed by atoms with E-state index in [2.05, 4.69) is 4.90 Å². The molecule has 0 saturated carbocycles. The summed E-state index contributed by atoms with van der Waals surface area (Å²) in [7, 11) is -1.49. The zero-order chi connectivity index (χ0) is 15.6. The highest BCUT2D eigenvalue weighted by Gasteiger charge is 2.33. The van der Waals surface area contributed by atoms with Crippen molar-refractivity contribution in [2.45, 2.75) is 31.2 Å². The average molecular weight is 312 g/mol. The van der Waals surface area contributed by atoms with Gasteiger partial charge in [0.15, 0.2) is 0 Å². The van der Waals surface area contributed by atoms with Gasteiger partial charge in [-0.15, -0.1) is 0 Å². The van der Waals surface area contributed by atoms with Crippen LogP contribution in [0.4, 0.5) is 0 Å². The summed E-state index contributed by atoms with van der Waals surface area (Å²) in [5, 5.41) is 9.12. The van der Waals surface area contributed by atoms with Crippen LogP contribution in [0, 0.1) is 13.8 Å². The fourth-order valence-electron chi connectivity index (χ4n) is 2.82. The Balaban J connectivity index is 2.27. The molecule has 0 spiro atoms.